The highest BCUT2D eigenvalue weighted by molar-refractivity contribution is 5.77. The van der Waals surface area contributed by atoms with E-state index < -0.39 is 0 Å². The number of hydrogen-bond donors (Lipinski definition) is 2. The zero-order valence-corrected chi connectivity index (χ0v) is 12.5. The average Bonchev–Trinajstić information content (AvgIpc) is 3.08. The van der Waals surface area contributed by atoms with Crippen LogP contribution in [-0.4, -0.2) is 18.6 Å². The molecular weight excluding hydrogens is 264 g/mol. The second-order valence-corrected chi connectivity index (χ2v) is 6.56. The molecule has 4 nitrogen and oxygen atoms in total. The van der Waals surface area contributed by atoms with Crippen molar-refractivity contribution in [2.24, 2.45) is 17.8 Å². The molecule has 2 saturated carbocycles. The SMILES string of the molecule is CC(NC(=O)COc1cccc(N)c1)C1CC2CCC1C2. The average molecular weight is 288 g/mol. The number of hydrogen-bond acceptors (Lipinski definition) is 3. The molecule has 3 N–H and O–H groups in total. The van der Waals surface area contributed by atoms with E-state index in [1.165, 1.54) is 25.7 Å². The summed E-state index contributed by atoms with van der Waals surface area (Å²) >= 11 is 0. The fraction of sp³-hybridized carbons (Fsp3) is 0.588. The van der Waals surface area contributed by atoms with Gasteiger partial charge in [-0.25, -0.2) is 0 Å². The molecule has 1 aromatic carbocycles. The van der Waals surface area contributed by atoms with Gasteiger partial charge in [-0.3, -0.25) is 4.79 Å². The molecule has 3 rings (SSSR count). The summed E-state index contributed by atoms with van der Waals surface area (Å²) in [4.78, 5) is 12.0. The first-order valence-electron chi connectivity index (χ1n) is 7.89. The van der Waals surface area contributed by atoms with Crippen LogP contribution >= 0.6 is 0 Å². The van der Waals surface area contributed by atoms with Crippen molar-refractivity contribution in [2.75, 3.05) is 12.3 Å². The van der Waals surface area contributed by atoms with Crippen LogP contribution < -0.4 is 15.8 Å². The van der Waals surface area contributed by atoms with Crippen molar-refractivity contribution in [3.05, 3.63) is 24.3 Å². The molecule has 4 unspecified atom stereocenters. The topological polar surface area (TPSA) is 64.3 Å². The van der Waals surface area contributed by atoms with Gasteiger partial charge in [0.1, 0.15) is 5.75 Å². The fourth-order valence-corrected chi connectivity index (χ4v) is 4.06. The third-order valence-electron chi connectivity index (χ3n) is 5.05. The lowest BCUT2D eigenvalue weighted by Crippen LogP contribution is -2.42. The van der Waals surface area contributed by atoms with Gasteiger partial charge in [0.05, 0.1) is 0 Å². The molecule has 0 spiro atoms. The Kier molecular flexibility index (Phi) is 4.04. The van der Waals surface area contributed by atoms with Crippen molar-refractivity contribution in [3.8, 4) is 5.75 Å². The number of anilines is 1. The van der Waals surface area contributed by atoms with Crippen LogP contribution in [0.2, 0.25) is 0 Å². The first kappa shape index (κ1) is 14.2. The van der Waals surface area contributed by atoms with E-state index >= 15 is 0 Å². The van der Waals surface area contributed by atoms with Gasteiger partial charge in [0, 0.05) is 17.8 Å². The lowest BCUT2D eigenvalue weighted by Gasteiger charge is -2.28. The Morgan fingerprint density at radius 1 is 1.43 bits per heavy atom. The number of ether oxygens (including phenoxy) is 1. The van der Waals surface area contributed by atoms with E-state index in [-0.39, 0.29) is 18.6 Å². The zero-order valence-electron chi connectivity index (χ0n) is 12.5. The summed E-state index contributed by atoms with van der Waals surface area (Å²) in [5, 5.41) is 3.10. The Hall–Kier alpha value is -1.71. The number of nitrogens with two attached hydrogens (primary N) is 1. The van der Waals surface area contributed by atoms with Gasteiger partial charge in [-0.2, -0.15) is 0 Å². The predicted octanol–water partition coefficient (Wildman–Crippen LogP) is 2.59. The summed E-state index contributed by atoms with van der Waals surface area (Å²) in [6.07, 6.45) is 5.38. The number of fused-ring (bicyclic) bond motifs is 2. The summed E-state index contributed by atoms with van der Waals surface area (Å²) in [6.45, 7) is 2.18. The summed E-state index contributed by atoms with van der Waals surface area (Å²) < 4.78 is 5.48. The largest absolute Gasteiger partial charge is 0.484 e. The molecule has 0 aromatic heterocycles. The maximum absolute atomic E-state index is 12.0. The van der Waals surface area contributed by atoms with Crippen LogP contribution in [0.5, 0.6) is 5.75 Å². The minimum atomic E-state index is -0.0484. The molecule has 2 aliphatic rings. The molecule has 2 bridgehead atoms. The number of nitrogens with one attached hydrogen (secondary N) is 1. The van der Waals surface area contributed by atoms with Crippen molar-refractivity contribution >= 4 is 11.6 Å². The van der Waals surface area contributed by atoms with Crippen molar-refractivity contribution < 1.29 is 9.53 Å². The molecule has 4 heteroatoms. The van der Waals surface area contributed by atoms with Crippen molar-refractivity contribution in [2.45, 2.75) is 38.6 Å². The molecule has 0 radical (unpaired) electrons. The molecule has 4 atom stereocenters. The third kappa shape index (κ3) is 3.31. The smallest absolute Gasteiger partial charge is 0.258 e. The second-order valence-electron chi connectivity index (χ2n) is 6.56. The number of amides is 1. The standard InChI is InChI=1S/C17H24N2O2/c1-11(16-8-12-5-6-13(16)7-12)19-17(20)10-21-15-4-2-3-14(18)9-15/h2-4,9,11-13,16H,5-8,10,18H2,1H3,(H,19,20). The third-order valence-corrected chi connectivity index (χ3v) is 5.05. The fourth-order valence-electron chi connectivity index (χ4n) is 4.06. The minimum absolute atomic E-state index is 0.0484. The second kappa shape index (κ2) is 5.96. The molecule has 0 saturated heterocycles. The van der Waals surface area contributed by atoms with Gasteiger partial charge in [0.2, 0.25) is 0 Å². The molecule has 1 aromatic rings. The quantitative estimate of drug-likeness (QED) is 0.819. The maximum atomic E-state index is 12.0. The molecule has 21 heavy (non-hydrogen) atoms. The van der Waals surface area contributed by atoms with Crippen LogP contribution in [0.1, 0.15) is 32.6 Å². The normalized spacial score (nSPS) is 28.3. The van der Waals surface area contributed by atoms with Crippen molar-refractivity contribution in [3.63, 3.8) is 0 Å². The highest BCUT2D eigenvalue weighted by Crippen LogP contribution is 2.49. The Morgan fingerprint density at radius 3 is 2.95 bits per heavy atom. The lowest BCUT2D eigenvalue weighted by atomic mass is 9.84. The Bertz CT molecular complexity index is 517. The van der Waals surface area contributed by atoms with E-state index in [2.05, 4.69) is 12.2 Å². The summed E-state index contributed by atoms with van der Waals surface area (Å²) in [6, 6.07) is 7.40. The van der Waals surface area contributed by atoms with E-state index in [0.29, 0.717) is 17.4 Å². The van der Waals surface area contributed by atoms with E-state index in [0.717, 1.165) is 11.8 Å². The van der Waals surface area contributed by atoms with Crippen LogP contribution in [0.15, 0.2) is 24.3 Å². The molecule has 0 aliphatic heterocycles. The van der Waals surface area contributed by atoms with Crippen LogP contribution in [0.3, 0.4) is 0 Å². The van der Waals surface area contributed by atoms with Crippen molar-refractivity contribution in [1.29, 1.82) is 0 Å². The number of benzene rings is 1. The summed E-state index contributed by atoms with van der Waals surface area (Å²) in [5.74, 6) is 2.97. The van der Waals surface area contributed by atoms with Gasteiger partial charge in [-0.1, -0.05) is 12.5 Å². The van der Waals surface area contributed by atoms with Gasteiger partial charge in [-0.05, 0) is 56.1 Å². The lowest BCUT2D eigenvalue weighted by molar-refractivity contribution is -0.124. The molecule has 114 valence electrons. The molecular formula is C17H24N2O2. The van der Waals surface area contributed by atoms with Gasteiger partial charge >= 0.3 is 0 Å². The van der Waals surface area contributed by atoms with Gasteiger partial charge < -0.3 is 15.8 Å². The highest BCUT2D eigenvalue weighted by Gasteiger charge is 2.42. The zero-order chi connectivity index (χ0) is 14.8. The summed E-state index contributed by atoms with van der Waals surface area (Å²) in [5.41, 5.74) is 6.32. The Morgan fingerprint density at radius 2 is 2.29 bits per heavy atom. The van der Waals surface area contributed by atoms with Gasteiger partial charge in [0.15, 0.2) is 6.61 Å². The maximum Gasteiger partial charge on any atom is 0.258 e. The number of carbonyl (C=O) groups excluding carboxylic acids is 1. The monoisotopic (exact) mass is 288 g/mol. The van der Waals surface area contributed by atoms with E-state index in [9.17, 15) is 4.79 Å². The highest BCUT2D eigenvalue weighted by atomic mass is 16.5. The van der Waals surface area contributed by atoms with Gasteiger partial charge in [0.25, 0.3) is 5.91 Å². The van der Waals surface area contributed by atoms with E-state index in [1.807, 2.05) is 12.1 Å². The minimum Gasteiger partial charge on any atom is -0.484 e. The number of nitrogen functional groups attached to an aromatic ring is 1. The first-order valence-corrected chi connectivity index (χ1v) is 7.89. The molecule has 2 fully saturated rings. The van der Waals surface area contributed by atoms with Crippen LogP contribution in [0.4, 0.5) is 5.69 Å². The Balaban J connectivity index is 1.46. The van der Waals surface area contributed by atoms with Crippen molar-refractivity contribution in [1.82, 2.24) is 5.32 Å². The summed E-state index contributed by atoms with van der Waals surface area (Å²) in [7, 11) is 0. The van der Waals surface area contributed by atoms with Crippen LogP contribution in [-0.2, 0) is 4.79 Å². The predicted molar refractivity (Wildman–Crippen MR) is 82.9 cm³/mol. The first-order chi connectivity index (χ1) is 10.1. The molecule has 2 aliphatic carbocycles. The number of rotatable bonds is 5. The van der Waals surface area contributed by atoms with Crippen LogP contribution in [0.25, 0.3) is 0 Å². The van der Waals surface area contributed by atoms with Crippen LogP contribution in [0, 0.1) is 17.8 Å². The Labute approximate surface area is 126 Å². The molecule has 0 heterocycles. The van der Waals surface area contributed by atoms with E-state index in [4.69, 9.17) is 10.5 Å². The van der Waals surface area contributed by atoms with Gasteiger partial charge in [-0.15, -0.1) is 0 Å². The van der Waals surface area contributed by atoms with E-state index in [1.54, 1.807) is 12.1 Å². The molecule has 1 amide bonds. The number of carbonyl (C=O) groups is 1.